The highest BCUT2D eigenvalue weighted by atomic mass is 19.1. The summed E-state index contributed by atoms with van der Waals surface area (Å²) in [6.45, 7) is 4.60. The van der Waals surface area contributed by atoms with Crippen LogP contribution in [0, 0.1) is 11.6 Å². The molecule has 1 amide bonds. The summed E-state index contributed by atoms with van der Waals surface area (Å²) in [5.74, 6) is -1.05. The van der Waals surface area contributed by atoms with E-state index in [0.717, 1.165) is 31.1 Å². The predicted molar refractivity (Wildman–Crippen MR) is 134 cm³/mol. The number of hydrogen-bond acceptors (Lipinski definition) is 6. The highest BCUT2D eigenvalue weighted by molar-refractivity contribution is 5.84. The molecule has 9 heteroatoms. The Kier molecular flexibility index (Phi) is 6.28. The molecular weight excluding hydrogens is 478 g/mol. The van der Waals surface area contributed by atoms with Crippen molar-refractivity contribution in [3.05, 3.63) is 53.7 Å². The van der Waals surface area contributed by atoms with Gasteiger partial charge in [0.1, 0.15) is 18.2 Å². The van der Waals surface area contributed by atoms with Crippen molar-refractivity contribution in [3.8, 4) is 17.1 Å². The van der Waals surface area contributed by atoms with Crippen LogP contribution in [-0.4, -0.2) is 70.2 Å². The fraction of sp³-hybridized carbons (Fsp3) is 0.464. The average molecular weight is 509 g/mol. The minimum absolute atomic E-state index is 0.0702. The molecule has 3 aliphatic rings. The Labute approximate surface area is 214 Å². The van der Waals surface area contributed by atoms with Gasteiger partial charge in [0.05, 0.1) is 24.3 Å². The van der Waals surface area contributed by atoms with Gasteiger partial charge >= 0.3 is 6.01 Å². The van der Waals surface area contributed by atoms with Gasteiger partial charge in [-0.3, -0.25) is 9.69 Å². The molecule has 0 unspecified atom stereocenters. The summed E-state index contributed by atoms with van der Waals surface area (Å²) >= 11 is 0. The maximum atomic E-state index is 15.2. The summed E-state index contributed by atoms with van der Waals surface area (Å²) in [6.07, 6.45) is 5.30. The van der Waals surface area contributed by atoms with Crippen LogP contribution in [0.2, 0.25) is 0 Å². The largest absolute Gasteiger partial charge is 0.464 e. The molecule has 3 fully saturated rings. The number of morpholine rings is 1. The molecule has 2 aliphatic heterocycles. The van der Waals surface area contributed by atoms with Gasteiger partial charge in [-0.05, 0) is 61.9 Å². The molecule has 6 rings (SSSR count). The SMILES string of the molecule is CCOc1ncc2ccc(-c3cc(F)c(CN4CCC5(CC4)CN(C4CC4)C(=O)CO5)c(F)c3)cc2n1. The number of fused-ring (bicyclic) bond motifs is 1. The Bertz CT molecular complexity index is 1320. The molecule has 7 nitrogen and oxygen atoms in total. The van der Waals surface area contributed by atoms with Crippen molar-refractivity contribution in [2.45, 2.75) is 50.8 Å². The number of rotatable bonds is 6. The lowest BCUT2D eigenvalue weighted by molar-refractivity contribution is -0.172. The van der Waals surface area contributed by atoms with Crippen LogP contribution in [0.15, 0.2) is 36.5 Å². The van der Waals surface area contributed by atoms with Crippen LogP contribution in [0.25, 0.3) is 22.0 Å². The number of likely N-dealkylation sites (tertiary alicyclic amines) is 1. The minimum Gasteiger partial charge on any atom is -0.464 e. The lowest BCUT2D eigenvalue weighted by Crippen LogP contribution is -2.59. The number of halogens is 2. The van der Waals surface area contributed by atoms with Crippen LogP contribution < -0.4 is 4.74 Å². The van der Waals surface area contributed by atoms with Crippen molar-refractivity contribution in [2.75, 3.05) is 32.8 Å². The monoisotopic (exact) mass is 508 g/mol. The molecule has 1 spiro atoms. The molecule has 0 bridgehead atoms. The second kappa shape index (κ2) is 9.61. The first kappa shape index (κ1) is 24.2. The molecule has 0 N–H and O–H groups in total. The van der Waals surface area contributed by atoms with Gasteiger partial charge in [-0.25, -0.2) is 13.8 Å². The first-order valence-electron chi connectivity index (χ1n) is 13.0. The van der Waals surface area contributed by atoms with E-state index in [1.165, 1.54) is 12.1 Å². The van der Waals surface area contributed by atoms with E-state index in [2.05, 4.69) is 14.9 Å². The van der Waals surface area contributed by atoms with Gasteiger partial charge in [-0.15, -0.1) is 0 Å². The zero-order valence-electron chi connectivity index (χ0n) is 20.9. The number of piperidine rings is 1. The highest BCUT2D eigenvalue weighted by Crippen LogP contribution is 2.37. The fourth-order valence-corrected chi connectivity index (χ4v) is 5.41. The third kappa shape index (κ3) is 4.90. The van der Waals surface area contributed by atoms with Crippen LogP contribution >= 0.6 is 0 Å². The van der Waals surface area contributed by atoms with Gasteiger partial charge < -0.3 is 14.4 Å². The maximum Gasteiger partial charge on any atom is 0.316 e. The van der Waals surface area contributed by atoms with Gasteiger partial charge in [0.25, 0.3) is 0 Å². The van der Waals surface area contributed by atoms with Crippen LogP contribution in [0.1, 0.15) is 38.2 Å². The second-order valence-corrected chi connectivity index (χ2v) is 10.3. The number of amides is 1. The van der Waals surface area contributed by atoms with Crippen molar-refractivity contribution < 1.29 is 23.0 Å². The van der Waals surface area contributed by atoms with E-state index in [4.69, 9.17) is 9.47 Å². The molecule has 37 heavy (non-hydrogen) atoms. The molecule has 194 valence electrons. The van der Waals surface area contributed by atoms with Crippen LogP contribution in [0.5, 0.6) is 6.01 Å². The first-order valence-corrected chi connectivity index (χ1v) is 13.0. The summed E-state index contributed by atoms with van der Waals surface area (Å²) in [4.78, 5) is 24.8. The van der Waals surface area contributed by atoms with Gasteiger partial charge in [-0.2, -0.15) is 4.98 Å². The molecule has 1 aromatic heterocycles. The molecule has 1 saturated carbocycles. The quantitative estimate of drug-likeness (QED) is 0.494. The number of hydrogen-bond donors (Lipinski definition) is 0. The van der Waals surface area contributed by atoms with Gasteiger partial charge in [0, 0.05) is 42.8 Å². The highest BCUT2D eigenvalue weighted by Gasteiger charge is 2.46. The third-order valence-electron chi connectivity index (χ3n) is 7.73. The predicted octanol–water partition coefficient (Wildman–Crippen LogP) is 4.33. The first-order chi connectivity index (χ1) is 17.9. The standard InChI is InChI=1S/C28H30F2N4O3/c1-2-36-27-31-14-19-4-3-18(13-25(19)32-27)20-11-23(29)22(24(30)12-20)15-33-9-7-28(8-10-33)17-34(21-5-6-21)26(35)16-37-28/h3-4,11-14,21H,2,5-10,15-17H2,1H3. The Morgan fingerprint density at radius 2 is 1.86 bits per heavy atom. The molecule has 0 radical (unpaired) electrons. The molecule has 1 aliphatic carbocycles. The van der Waals surface area contributed by atoms with Crippen molar-refractivity contribution in [1.29, 1.82) is 0 Å². The summed E-state index contributed by atoms with van der Waals surface area (Å²) in [7, 11) is 0. The molecular formula is C28H30F2N4O3. The van der Waals surface area contributed by atoms with E-state index in [1.807, 2.05) is 24.0 Å². The number of benzene rings is 2. The van der Waals surface area contributed by atoms with E-state index < -0.39 is 11.6 Å². The Morgan fingerprint density at radius 3 is 2.57 bits per heavy atom. The second-order valence-electron chi connectivity index (χ2n) is 10.3. The average Bonchev–Trinajstić information content (AvgIpc) is 3.74. The number of aromatic nitrogens is 2. The Morgan fingerprint density at radius 1 is 1.11 bits per heavy atom. The fourth-order valence-electron chi connectivity index (χ4n) is 5.41. The Hall–Kier alpha value is -3.17. The zero-order chi connectivity index (χ0) is 25.6. The van der Waals surface area contributed by atoms with E-state index >= 15 is 8.78 Å². The lowest BCUT2D eigenvalue weighted by atomic mass is 9.89. The number of carbonyl (C=O) groups excluding carboxylic acids is 1. The number of carbonyl (C=O) groups is 1. The summed E-state index contributed by atoms with van der Waals surface area (Å²) in [6, 6.07) is 8.85. The van der Waals surface area contributed by atoms with E-state index in [0.29, 0.717) is 48.9 Å². The Balaban J connectivity index is 1.15. The lowest BCUT2D eigenvalue weighted by Gasteiger charge is -2.47. The minimum atomic E-state index is -0.563. The van der Waals surface area contributed by atoms with Crippen LogP contribution in [0.4, 0.5) is 8.78 Å². The molecule has 2 aromatic carbocycles. The van der Waals surface area contributed by atoms with E-state index in [9.17, 15) is 4.79 Å². The molecule has 0 atom stereocenters. The zero-order valence-corrected chi connectivity index (χ0v) is 20.9. The van der Waals surface area contributed by atoms with Gasteiger partial charge in [0.2, 0.25) is 5.91 Å². The smallest absolute Gasteiger partial charge is 0.316 e. The van der Waals surface area contributed by atoms with Gasteiger partial charge in [0.15, 0.2) is 0 Å². The topological polar surface area (TPSA) is 67.8 Å². The summed E-state index contributed by atoms with van der Waals surface area (Å²) in [5.41, 5.74) is 1.50. The maximum absolute atomic E-state index is 15.2. The van der Waals surface area contributed by atoms with Crippen LogP contribution in [0.3, 0.4) is 0 Å². The van der Waals surface area contributed by atoms with Crippen molar-refractivity contribution in [3.63, 3.8) is 0 Å². The van der Waals surface area contributed by atoms with Crippen molar-refractivity contribution in [1.82, 2.24) is 19.8 Å². The normalized spacial score (nSPS) is 20.1. The summed E-state index contributed by atoms with van der Waals surface area (Å²) < 4.78 is 41.8. The summed E-state index contributed by atoms with van der Waals surface area (Å²) in [5, 5.41) is 0.819. The van der Waals surface area contributed by atoms with Crippen molar-refractivity contribution >= 4 is 16.8 Å². The van der Waals surface area contributed by atoms with E-state index in [-0.39, 0.29) is 36.2 Å². The number of nitrogens with zero attached hydrogens (tertiary/aromatic N) is 4. The number of ether oxygens (including phenoxy) is 2. The van der Waals surface area contributed by atoms with Crippen LogP contribution in [-0.2, 0) is 16.1 Å². The molecule has 3 heterocycles. The molecule has 3 aromatic rings. The van der Waals surface area contributed by atoms with Crippen molar-refractivity contribution in [2.24, 2.45) is 0 Å². The third-order valence-corrected chi connectivity index (χ3v) is 7.73. The molecule has 2 saturated heterocycles. The van der Waals surface area contributed by atoms with E-state index in [1.54, 1.807) is 12.3 Å². The van der Waals surface area contributed by atoms with Gasteiger partial charge in [-0.1, -0.05) is 12.1 Å².